The predicted octanol–water partition coefficient (Wildman–Crippen LogP) is 5.98. The van der Waals surface area contributed by atoms with Crippen LogP contribution in [0, 0.1) is 0 Å². The number of aromatic nitrogens is 4. The highest BCUT2D eigenvalue weighted by atomic mass is 35.5. The number of hydrogen-bond donors (Lipinski definition) is 0. The number of sulfonamides is 1. The smallest absolute Gasteiger partial charge is 0.211 e. The minimum Gasteiger partial charge on any atom is -0.321 e. The molecule has 1 saturated heterocycles. The first kappa shape index (κ1) is 25.2. The van der Waals surface area contributed by atoms with Crippen LogP contribution in [0.1, 0.15) is 40.9 Å². The molecule has 1 atom stereocenters. The number of rotatable bonds is 6. The highest BCUT2D eigenvalue weighted by Gasteiger charge is 2.29. The summed E-state index contributed by atoms with van der Waals surface area (Å²) in [6.45, 7) is 0.982. The van der Waals surface area contributed by atoms with Gasteiger partial charge in [-0.3, -0.25) is 4.98 Å². The van der Waals surface area contributed by atoms with Gasteiger partial charge in [0.1, 0.15) is 10.8 Å². The van der Waals surface area contributed by atoms with Gasteiger partial charge in [-0.05, 0) is 60.4 Å². The largest absolute Gasteiger partial charge is 0.321 e. The van der Waals surface area contributed by atoms with Crippen molar-refractivity contribution in [1.82, 2.24) is 23.8 Å². The minimum atomic E-state index is -3.21. The molecule has 0 bridgehead atoms. The fourth-order valence-electron chi connectivity index (χ4n) is 5.31. The van der Waals surface area contributed by atoms with Crippen molar-refractivity contribution in [2.75, 3.05) is 19.3 Å². The van der Waals surface area contributed by atoms with Crippen LogP contribution in [0.15, 0.2) is 78.6 Å². The van der Waals surface area contributed by atoms with Crippen LogP contribution in [0.25, 0.3) is 22.4 Å². The highest BCUT2D eigenvalue weighted by Crippen LogP contribution is 2.38. The maximum Gasteiger partial charge on any atom is 0.211 e. The normalized spacial score (nSPS) is 16.2. The van der Waals surface area contributed by atoms with E-state index in [2.05, 4.69) is 44.9 Å². The maximum atomic E-state index is 12.2. The number of imidazole rings is 1. The summed E-state index contributed by atoms with van der Waals surface area (Å²) in [5.74, 6) is 0.825. The number of pyridine rings is 1. The van der Waals surface area contributed by atoms with Crippen molar-refractivity contribution < 1.29 is 8.42 Å². The van der Waals surface area contributed by atoms with Crippen molar-refractivity contribution in [3.63, 3.8) is 0 Å². The molecule has 1 fully saturated rings. The molecule has 0 amide bonds. The van der Waals surface area contributed by atoms with E-state index in [-0.39, 0.29) is 12.0 Å². The van der Waals surface area contributed by atoms with Crippen molar-refractivity contribution in [2.45, 2.75) is 24.8 Å². The fourth-order valence-corrected chi connectivity index (χ4v) is 7.10. The van der Waals surface area contributed by atoms with Gasteiger partial charge in [-0.1, -0.05) is 29.8 Å². The number of hydrogen-bond acceptors (Lipinski definition) is 6. The third-order valence-electron chi connectivity index (χ3n) is 7.14. The maximum absolute atomic E-state index is 12.2. The molecule has 4 heterocycles. The Labute approximate surface area is 230 Å². The molecule has 0 radical (unpaired) electrons. The SMILES string of the molecule is CS(=O)(=O)N1CCC(n2c(-c3ccncc3)nc3ccc(C(c4ccc(Cl)cc4)c4nccs4)cc32)CC1. The molecule has 194 valence electrons. The average molecular weight is 564 g/mol. The third-order valence-corrected chi connectivity index (χ3v) is 9.54. The summed E-state index contributed by atoms with van der Waals surface area (Å²) in [6, 6.07) is 18.4. The molecule has 1 unspecified atom stereocenters. The lowest BCUT2D eigenvalue weighted by molar-refractivity contribution is 0.280. The van der Waals surface area contributed by atoms with E-state index in [0.717, 1.165) is 38.6 Å². The summed E-state index contributed by atoms with van der Waals surface area (Å²) in [4.78, 5) is 13.9. The van der Waals surface area contributed by atoms with Crippen molar-refractivity contribution in [2.24, 2.45) is 0 Å². The molecule has 0 aliphatic carbocycles. The molecule has 0 saturated carbocycles. The van der Waals surface area contributed by atoms with Crippen molar-refractivity contribution in [3.05, 3.63) is 99.7 Å². The molecule has 5 aromatic rings. The van der Waals surface area contributed by atoms with E-state index >= 15 is 0 Å². The second-order valence-corrected chi connectivity index (χ2v) is 12.9. The predicted molar refractivity (Wildman–Crippen MR) is 152 cm³/mol. The first-order valence-electron chi connectivity index (χ1n) is 12.4. The number of fused-ring (bicyclic) bond motifs is 1. The van der Waals surface area contributed by atoms with Crippen LogP contribution < -0.4 is 0 Å². The number of thiazole rings is 1. The summed E-state index contributed by atoms with van der Waals surface area (Å²) >= 11 is 7.83. The number of benzene rings is 2. The molecule has 10 heteroatoms. The lowest BCUT2D eigenvalue weighted by Gasteiger charge is -2.32. The average Bonchev–Trinajstić information content (AvgIpc) is 3.58. The van der Waals surface area contributed by atoms with Gasteiger partial charge in [0, 0.05) is 53.7 Å². The Morgan fingerprint density at radius 3 is 2.34 bits per heavy atom. The third kappa shape index (κ3) is 4.87. The van der Waals surface area contributed by atoms with Crippen LogP contribution in [0.4, 0.5) is 0 Å². The highest BCUT2D eigenvalue weighted by molar-refractivity contribution is 7.88. The molecule has 3 aromatic heterocycles. The Hall–Kier alpha value is -3.11. The zero-order chi connectivity index (χ0) is 26.3. The molecular weight excluding hydrogens is 538 g/mol. The van der Waals surface area contributed by atoms with E-state index in [4.69, 9.17) is 16.6 Å². The lowest BCUT2D eigenvalue weighted by atomic mass is 9.91. The van der Waals surface area contributed by atoms with E-state index < -0.39 is 10.0 Å². The van der Waals surface area contributed by atoms with Crippen LogP contribution in [0.3, 0.4) is 0 Å². The summed E-state index contributed by atoms with van der Waals surface area (Å²) in [5, 5.41) is 3.70. The summed E-state index contributed by atoms with van der Waals surface area (Å²) < 4.78 is 28.2. The molecule has 7 nitrogen and oxygen atoms in total. The van der Waals surface area contributed by atoms with E-state index in [0.29, 0.717) is 31.0 Å². The van der Waals surface area contributed by atoms with Gasteiger partial charge in [-0.15, -0.1) is 11.3 Å². The molecule has 0 spiro atoms. The molecule has 6 rings (SSSR count). The number of halogens is 1. The second kappa shape index (κ2) is 10.2. The van der Waals surface area contributed by atoms with Gasteiger partial charge in [0.05, 0.1) is 23.2 Å². The monoisotopic (exact) mass is 563 g/mol. The van der Waals surface area contributed by atoms with Crippen LogP contribution in [-0.2, 0) is 10.0 Å². The zero-order valence-corrected chi connectivity index (χ0v) is 23.1. The molecule has 38 heavy (non-hydrogen) atoms. The van der Waals surface area contributed by atoms with Crippen molar-refractivity contribution >= 4 is 44.0 Å². The van der Waals surface area contributed by atoms with Crippen LogP contribution in [0.5, 0.6) is 0 Å². The van der Waals surface area contributed by atoms with Gasteiger partial charge in [0.25, 0.3) is 0 Å². The molecule has 2 aromatic carbocycles. The first-order valence-corrected chi connectivity index (χ1v) is 15.5. The quantitative estimate of drug-likeness (QED) is 0.254. The Balaban J connectivity index is 1.49. The van der Waals surface area contributed by atoms with Crippen LogP contribution in [0.2, 0.25) is 5.02 Å². The minimum absolute atomic E-state index is 0.0449. The molecule has 1 aliphatic rings. The molecule has 1 aliphatic heterocycles. The van der Waals surface area contributed by atoms with Crippen LogP contribution >= 0.6 is 22.9 Å². The standard InChI is InChI=1S/C28H26ClN5O2S2/c1-38(35,36)33-15-10-23(11-16-33)34-25-18-21(4-7-24(25)32-27(34)20-8-12-30-13-9-20)26(28-31-14-17-37-28)19-2-5-22(29)6-3-19/h2-9,12-14,17-18,23,26H,10-11,15-16H2,1H3. The van der Waals surface area contributed by atoms with Gasteiger partial charge in [0.15, 0.2) is 0 Å². The number of nitrogens with zero attached hydrogens (tertiary/aromatic N) is 5. The van der Waals surface area contributed by atoms with Gasteiger partial charge in [0.2, 0.25) is 10.0 Å². The summed E-state index contributed by atoms with van der Waals surface area (Å²) in [5.41, 5.74) is 5.15. The van der Waals surface area contributed by atoms with Crippen molar-refractivity contribution in [1.29, 1.82) is 0 Å². The Kier molecular flexibility index (Phi) is 6.77. The van der Waals surface area contributed by atoms with Gasteiger partial charge < -0.3 is 4.57 Å². The molecule has 0 N–H and O–H groups in total. The van der Waals surface area contributed by atoms with Crippen LogP contribution in [-0.4, -0.2) is 51.6 Å². The Bertz CT molecular complexity index is 1660. The Morgan fingerprint density at radius 1 is 0.974 bits per heavy atom. The topological polar surface area (TPSA) is 81.0 Å². The number of piperidine rings is 1. The molecular formula is C28H26ClN5O2S2. The van der Waals surface area contributed by atoms with Crippen molar-refractivity contribution in [3.8, 4) is 11.4 Å². The Morgan fingerprint density at radius 2 is 1.68 bits per heavy atom. The van der Waals surface area contributed by atoms with E-state index in [9.17, 15) is 8.42 Å². The first-order chi connectivity index (χ1) is 18.4. The fraction of sp³-hybridized carbons (Fsp3) is 0.250. The van der Waals surface area contributed by atoms with Gasteiger partial charge >= 0.3 is 0 Å². The van der Waals surface area contributed by atoms with E-state index in [1.54, 1.807) is 28.0 Å². The zero-order valence-electron chi connectivity index (χ0n) is 20.7. The lowest BCUT2D eigenvalue weighted by Crippen LogP contribution is -2.38. The second-order valence-electron chi connectivity index (χ2n) is 9.54. The van der Waals surface area contributed by atoms with E-state index in [1.807, 2.05) is 35.8 Å². The van der Waals surface area contributed by atoms with Gasteiger partial charge in [-0.25, -0.2) is 22.7 Å². The summed E-state index contributed by atoms with van der Waals surface area (Å²) in [7, 11) is -3.21. The summed E-state index contributed by atoms with van der Waals surface area (Å²) in [6.07, 6.45) is 8.10. The van der Waals surface area contributed by atoms with Gasteiger partial charge in [-0.2, -0.15) is 0 Å². The van der Waals surface area contributed by atoms with E-state index in [1.165, 1.54) is 6.26 Å².